The van der Waals surface area contributed by atoms with Crippen LogP contribution in [0.4, 0.5) is 0 Å². The summed E-state index contributed by atoms with van der Waals surface area (Å²) in [4.78, 5) is 0. The molecule has 1 aromatic rings. The number of benzene rings is 1. The van der Waals surface area contributed by atoms with Gasteiger partial charge in [-0.05, 0) is 31.3 Å². The van der Waals surface area contributed by atoms with E-state index >= 15 is 0 Å². The topological polar surface area (TPSA) is 9.23 Å². The van der Waals surface area contributed by atoms with Gasteiger partial charge in [-0.25, -0.2) is 0 Å². The molecule has 1 nitrogen and oxygen atoms in total. The minimum Gasteiger partial charge on any atom is -0.551 e. The first kappa shape index (κ1) is 14.3. The third-order valence-corrected chi connectivity index (χ3v) is 5.01. The number of rotatable bonds is 4. The van der Waals surface area contributed by atoms with Crippen LogP contribution in [0.3, 0.4) is 0 Å². The molecular formula is C14H24OSi2. The molecule has 17 heavy (non-hydrogen) atoms. The Kier molecular flexibility index (Phi) is 4.39. The smallest absolute Gasteiger partial charge is 0.241 e. The second-order valence-electron chi connectivity index (χ2n) is 6.38. The fourth-order valence-corrected chi connectivity index (χ4v) is 4.89. The first-order chi connectivity index (χ1) is 7.68. The largest absolute Gasteiger partial charge is 0.551 e. The third kappa shape index (κ3) is 5.37. The summed E-state index contributed by atoms with van der Waals surface area (Å²) >= 11 is 0. The molecule has 94 valence electrons. The Morgan fingerprint density at radius 1 is 0.941 bits per heavy atom. The van der Waals surface area contributed by atoms with Gasteiger partial charge in [0.05, 0.1) is 5.38 Å². The van der Waals surface area contributed by atoms with Gasteiger partial charge in [-0.1, -0.05) is 50.0 Å². The molecule has 0 amide bonds. The van der Waals surface area contributed by atoms with E-state index in [1.807, 2.05) is 6.07 Å². The molecule has 0 atom stereocenters. The molecule has 0 fully saturated rings. The lowest BCUT2D eigenvalue weighted by molar-refractivity contribution is 0.457. The molecule has 0 aliphatic heterocycles. The van der Waals surface area contributed by atoms with Crippen LogP contribution < -0.4 is 0 Å². The Balaban J connectivity index is 3.04. The normalized spacial score (nSPS) is 13.6. The van der Waals surface area contributed by atoms with E-state index in [2.05, 4.69) is 69.6 Å². The zero-order chi connectivity index (χ0) is 13.1. The van der Waals surface area contributed by atoms with E-state index in [4.69, 9.17) is 4.43 Å². The summed E-state index contributed by atoms with van der Waals surface area (Å²) in [6.45, 7) is 13.7. The highest BCUT2D eigenvalue weighted by Crippen LogP contribution is 2.23. The molecule has 0 saturated carbocycles. The minimum absolute atomic E-state index is 1.22. The summed E-state index contributed by atoms with van der Waals surface area (Å²) in [6, 6.07) is 10.5. The lowest BCUT2D eigenvalue weighted by Crippen LogP contribution is -2.34. The molecule has 0 unspecified atom stereocenters. The van der Waals surface area contributed by atoms with Gasteiger partial charge < -0.3 is 4.43 Å². The average molecular weight is 265 g/mol. The molecule has 0 heterocycles. The maximum absolute atomic E-state index is 6.27. The van der Waals surface area contributed by atoms with Crippen molar-refractivity contribution in [1.82, 2.24) is 0 Å². The van der Waals surface area contributed by atoms with Crippen LogP contribution >= 0.6 is 0 Å². The maximum Gasteiger partial charge on any atom is 0.241 e. The van der Waals surface area contributed by atoms with Crippen LogP contribution in [0, 0.1) is 0 Å². The van der Waals surface area contributed by atoms with Crippen molar-refractivity contribution in [2.75, 3.05) is 0 Å². The first-order valence-electron chi connectivity index (χ1n) is 6.15. The van der Waals surface area contributed by atoms with Gasteiger partial charge in [0.25, 0.3) is 0 Å². The van der Waals surface area contributed by atoms with E-state index in [0.29, 0.717) is 0 Å². The Hall–Kier alpha value is -0.806. The maximum atomic E-state index is 6.27. The highest BCUT2D eigenvalue weighted by atomic mass is 28.4. The molecule has 3 heteroatoms. The van der Waals surface area contributed by atoms with Crippen LogP contribution in [0.1, 0.15) is 5.56 Å². The molecule has 0 aromatic heterocycles. The number of hydrogen-bond donors (Lipinski definition) is 0. The van der Waals surface area contributed by atoms with E-state index in [9.17, 15) is 0 Å². The second kappa shape index (κ2) is 5.23. The minimum atomic E-state index is -1.52. The molecule has 0 saturated heterocycles. The molecular weight excluding hydrogens is 240 g/mol. The van der Waals surface area contributed by atoms with Crippen LogP contribution in [0.25, 0.3) is 6.08 Å². The summed E-state index contributed by atoms with van der Waals surface area (Å²) in [5.41, 5.74) is 1.24. The van der Waals surface area contributed by atoms with Gasteiger partial charge in [-0.3, -0.25) is 0 Å². The summed E-state index contributed by atoms with van der Waals surface area (Å²) < 4.78 is 6.27. The van der Waals surface area contributed by atoms with Crippen molar-refractivity contribution in [3.05, 3.63) is 41.3 Å². The molecule has 0 spiro atoms. The van der Waals surface area contributed by atoms with Crippen molar-refractivity contribution in [3.8, 4) is 0 Å². The molecule has 1 aromatic carbocycles. The molecule has 1 rings (SSSR count). The quantitative estimate of drug-likeness (QED) is 0.563. The van der Waals surface area contributed by atoms with E-state index < -0.39 is 16.4 Å². The predicted molar refractivity (Wildman–Crippen MR) is 82.2 cm³/mol. The van der Waals surface area contributed by atoms with E-state index in [0.717, 1.165) is 0 Å². The summed E-state index contributed by atoms with van der Waals surface area (Å²) in [5, 5.41) is 1.22. The van der Waals surface area contributed by atoms with Crippen molar-refractivity contribution >= 4 is 22.5 Å². The van der Waals surface area contributed by atoms with Gasteiger partial charge in [-0.2, -0.15) is 0 Å². The van der Waals surface area contributed by atoms with Crippen molar-refractivity contribution in [1.29, 1.82) is 0 Å². The number of hydrogen-bond acceptors (Lipinski definition) is 1. The summed E-state index contributed by atoms with van der Waals surface area (Å²) in [5.74, 6) is 0. The van der Waals surface area contributed by atoms with Crippen LogP contribution in [-0.2, 0) is 4.43 Å². The van der Waals surface area contributed by atoms with Crippen LogP contribution in [0.15, 0.2) is 35.7 Å². The van der Waals surface area contributed by atoms with E-state index in [1.165, 1.54) is 10.9 Å². The van der Waals surface area contributed by atoms with Crippen LogP contribution in [-0.4, -0.2) is 16.4 Å². The second-order valence-corrected chi connectivity index (χ2v) is 15.8. The molecule has 0 aliphatic rings. The van der Waals surface area contributed by atoms with Gasteiger partial charge in [0.1, 0.15) is 8.07 Å². The van der Waals surface area contributed by atoms with Gasteiger partial charge in [0.2, 0.25) is 8.32 Å². The van der Waals surface area contributed by atoms with Crippen molar-refractivity contribution in [3.63, 3.8) is 0 Å². The SMILES string of the molecule is C[Si](C)(C)O/C(=C/c1ccccc1)[Si](C)(C)C. The zero-order valence-electron chi connectivity index (χ0n) is 11.9. The Bertz CT molecular complexity index is 383. The Morgan fingerprint density at radius 3 is 1.88 bits per heavy atom. The van der Waals surface area contributed by atoms with Crippen molar-refractivity contribution < 1.29 is 4.43 Å². The third-order valence-electron chi connectivity index (χ3n) is 2.25. The lowest BCUT2D eigenvalue weighted by Gasteiger charge is -2.29. The van der Waals surface area contributed by atoms with Gasteiger partial charge >= 0.3 is 0 Å². The van der Waals surface area contributed by atoms with Crippen molar-refractivity contribution in [2.24, 2.45) is 0 Å². The standard InChI is InChI=1S/C14H24OSi2/c1-16(2,3)14(15-17(4,5)6)12-13-10-8-7-9-11-13/h7-12H,1-6H3/b14-12-. The van der Waals surface area contributed by atoms with Gasteiger partial charge in [0.15, 0.2) is 0 Å². The monoisotopic (exact) mass is 264 g/mol. The molecule has 0 radical (unpaired) electrons. The van der Waals surface area contributed by atoms with E-state index in [-0.39, 0.29) is 0 Å². The molecule has 0 aliphatic carbocycles. The van der Waals surface area contributed by atoms with Gasteiger partial charge in [0, 0.05) is 0 Å². The van der Waals surface area contributed by atoms with E-state index in [1.54, 1.807) is 0 Å². The lowest BCUT2D eigenvalue weighted by atomic mass is 10.2. The Morgan fingerprint density at radius 2 is 1.47 bits per heavy atom. The first-order valence-corrected chi connectivity index (χ1v) is 13.1. The summed E-state index contributed by atoms with van der Waals surface area (Å²) in [7, 11) is -2.92. The highest BCUT2D eigenvalue weighted by molar-refractivity contribution is 6.84. The summed E-state index contributed by atoms with van der Waals surface area (Å²) in [6.07, 6.45) is 2.23. The fraction of sp³-hybridized carbons (Fsp3) is 0.429. The average Bonchev–Trinajstić information content (AvgIpc) is 2.15. The zero-order valence-corrected chi connectivity index (χ0v) is 13.9. The van der Waals surface area contributed by atoms with Crippen molar-refractivity contribution in [2.45, 2.75) is 39.3 Å². The van der Waals surface area contributed by atoms with Crippen LogP contribution in [0.2, 0.25) is 39.3 Å². The Labute approximate surface area is 108 Å². The fourth-order valence-electron chi connectivity index (χ4n) is 1.43. The van der Waals surface area contributed by atoms with Gasteiger partial charge in [-0.15, -0.1) is 0 Å². The predicted octanol–water partition coefficient (Wildman–Crippen LogP) is 4.76. The van der Waals surface area contributed by atoms with Crippen LogP contribution in [0.5, 0.6) is 0 Å². The molecule has 0 N–H and O–H groups in total. The molecule has 0 bridgehead atoms. The highest BCUT2D eigenvalue weighted by Gasteiger charge is 2.27.